The Morgan fingerprint density at radius 2 is 1.50 bits per heavy atom. The number of nitrogens with two attached hydrogens (primary N) is 1. The van der Waals surface area contributed by atoms with Gasteiger partial charge in [0.25, 0.3) is 0 Å². The minimum atomic E-state index is -0.207. The molecule has 0 radical (unpaired) electrons. The van der Waals surface area contributed by atoms with Crippen LogP contribution in [-0.4, -0.2) is 0 Å². The summed E-state index contributed by atoms with van der Waals surface area (Å²) in [5, 5.41) is 3.31. The fourth-order valence-electron chi connectivity index (χ4n) is 2.03. The first-order valence-electron chi connectivity index (χ1n) is 5.88. The second-order valence-corrected chi connectivity index (χ2v) is 4.16. The van der Waals surface area contributed by atoms with Crippen molar-refractivity contribution < 1.29 is 4.74 Å². The van der Waals surface area contributed by atoms with Crippen LogP contribution in [0.1, 0.15) is 17.4 Å². The molecule has 18 heavy (non-hydrogen) atoms. The van der Waals surface area contributed by atoms with Crippen LogP contribution in [-0.2, 0) is 4.74 Å². The first-order chi connectivity index (χ1) is 8.84. The summed E-state index contributed by atoms with van der Waals surface area (Å²) >= 11 is 0. The summed E-state index contributed by atoms with van der Waals surface area (Å²) in [5.74, 6) is 0.440. The van der Waals surface area contributed by atoms with E-state index in [-0.39, 0.29) is 6.23 Å². The molecule has 0 fully saturated rings. The number of nitrogens with one attached hydrogen (secondary N) is 1. The third-order valence-electron chi connectivity index (χ3n) is 2.93. The Kier molecular flexibility index (Phi) is 2.65. The van der Waals surface area contributed by atoms with Crippen LogP contribution in [0.2, 0.25) is 0 Å². The van der Waals surface area contributed by atoms with Crippen molar-refractivity contribution in [2.24, 2.45) is 5.73 Å². The molecule has 1 unspecified atom stereocenters. The second-order valence-electron chi connectivity index (χ2n) is 4.16. The lowest BCUT2D eigenvalue weighted by Crippen LogP contribution is -2.14. The largest absolute Gasteiger partial charge is 0.450 e. The molecule has 0 bridgehead atoms. The molecule has 2 aromatic rings. The Balaban J connectivity index is 1.86. The summed E-state index contributed by atoms with van der Waals surface area (Å²) in [6, 6.07) is 19.9. The van der Waals surface area contributed by atoms with Crippen LogP contribution in [0.15, 0.2) is 66.5 Å². The molecule has 0 aromatic heterocycles. The lowest BCUT2D eigenvalue weighted by Gasteiger charge is -2.12. The molecule has 3 heteroatoms. The van der Waals surface area contributed by atoms with E-state index in [0.717, 1.165) is 16.8 Å². The van der Waals surface area contributed by atoms with Crippen LogP contribution < -0.4 is 11.1 Å². The highest BCUT2D eigenvalue weighted by Crippen LogP contribution is 2.29. The smallest absolute Gasteiger partial charge is 0.211 e. The fraction of sp³-hybridized carbons (Fsp3) is 0.0667. The summed E-state index contributed by atoms with van der Waals surface area (Å²) in [6.45, 7) is 0. The second kappa shape index (κ2) is 4.45. The molecule has 3 rings (SSSR count). The van der Waals surface area contributed by atoms with E-state index in [1.807, 2.05) is 60.7 Å². The van der Waals surface area contributed by atoms with E-state index < -0.39 is 0 Å². The van der Waals surface area contributed by atoms with Crippen molar-refractivity contribution >= 4 is 5.70 Å². The molecule has 3 N–H and O–H groups in total. The number of hydrogen-bond donors (Lipinski definition) is 2. The van der Waals surface area contributed by atoms with Gasteiger partial charge in [0.2, 0.25) is 5.88 Å². The third kappa shape index (κ3) is 1.91. The molecule has 0 spiro atoms. The van der Waals surface area contributed by atoms with Gasteiger partial charge in [-0.2, -0.15) is 0 Å². The molecular weight excluding hydrogens is 224 g/mol. The van der Waals surface area contributed by atoms with Gasteiger partial charge in [-0.1, -0.05) is 60.7 Å². The topological polar surface area (TPSA) is 47.3 Å². The van der Waals surface area contributed by atoms with E-state index >= 15 is 0 Å². The number of benzene rings is 2. The molecule has 2 aromatic carbocycles. The molecule has 90 valence electrons. The van der Waals surface area contributed by atoms with Gasteiger partial charge in [0.05, 0.1) is 0 Å². The average molecular weight is 238 g/mol. The molecule has 1 aliphatic rings. The predicted molar refractivity (Wildman–Crippen MR) is 71.0 cm³/mol. The SMILES string of the molecule is NC1=C(c2ccccc2)NC(c2ccccc2)O1. The Morgan fingerprint density at radius 1 is 0.889 bits per heavy atom. The van der Waals surface area contributed by atoms with E-state index in [0.29, 0.717) is 5.88 Å². The monoisotopic (exact) mass is 238 g/mol. The molecule has 0 saturated heterocycles. The number of hydrogen-bond acceptors (Lipinski definition) is 3. The third-order valence-corrected chi connectivity index (χ3v) is 2.93. The quantitative estimate of drug-likeness (QED) is 0.845. The highest BCUT2D eigenvalue weighted by atomic mass is 16.5. The Hall–Kier alpha value is -2.42. The average Bonchev–Trinajstić information content (AvgIpc) is 2.83. The molecular formula is C15H14N2O. The van der Waals surface area contributed by atoms with E-state index in [9.17, 15) is 0 Å². The maximum atomic E-state index is 5.93. The molecule has 0 amide bonds. The Morgan fingerprint density at radius 3 is 2.17 bits per heavy atom. The van der Waals surface area contributed by atoms with Gasteiger partial charge < -0.3 is 15.8 Å². The van der Waals surface area contributed by atoms with Crippen molar-refractivity contribution in [1.29, 1.82) is 0 Å². The van der Waals surface area contributed by atoms with Gasteiger partial charge in [0, 0.05) is 11.1 Å². The van der Waals surface area contributed by atoms with E-state index in [1.54, 1.807) is 0 Å². The van der Waals surface area contributed by atoms with Gasteiger partial charge in [-0.3, -0.25) is 0 Å². The van der Waals surface area contributed by atoms with Crippen LogP contribution in [0.5, 0.6) is 0 Å². The van der Waals surface area contributed by atoms with Crippen LogP contribution in [0.25, 0.3) is 5.70 Å². The van der Waals surface area contributed by atoms with E-state index in [4.69, 9.17) is 10.5 Å². The molecule has 0 aliphatic carbocycles. The summed E-state index contributed by atoms with van der Waals surface area (Å²) in [7, 11) is 0. The zero-order valence-corrected chi connectivity index (χ0v) is 9.84. The van der Waals surface area contributed by atoms with Crippen molar-refractivity contribution in [2.45, 2.75) is 6.23 Å². The van der Waals surface area contributed by atoms with Gasteiger partial charge >= 0.3 is 0 Å². The van der Waals surface area contributed by atoms with Crippen LogP contribution in [0.3, 0.4) is 0 Å². The molecule has 3 nitrogen and oxygen atoms in total. The van der Waals surface area contributed by atoms with E-state index in [1.165, 1.54) is 0 Å². The summed E-state index contributed by atoms with van der Waals surface area (Å²) in [6.07, 6.45) is -0.207. The molecule has 1 atom stereocenters. The van der Waals surface area contributed by atoms with Gasteiger partial charge in [-0.25, -0.2) is 0 Å². The van der Waals surface area contributed by atoms with Crippen molar-refractivity contribution in [3.63, 3.8) is 0 Å². The normalized spacial score (nSPS) is 18.3. The van der Waals surface area contributed by atoms with Crippen LogP contribution >= 0.6 is 0 Å². The summed E-state index contributed by atoms with van der Waals surface area (Å²) in [5.41, 5.74) is 8.88. The van der Waals surface area contributed by atoms with Crippen molar-refractivity contribution in [2.75, 3.05) is 0 Å². The molecule has 1 heterocycles. The minimum absolute atomic E-state index is 0.207. The Labute approximate surface area is 106 Å². The number of rotatable bonds is 2. The maximum absolute atomic E-state index is 5.93. The Bertz CT molecular complexity index is 564. The fourth-order valence-corrected chi connectivity index (χ4v) is 2.03. The highest BCUT2D eigenvalue weighted by molar-refractivity contribution is 5.67. The minimum Gasteiger partial charge on any atom is -0.450 e. The van der Waals surface area contributed by atoms with Gasteiger partial charge in [0.15, 0.2) is 6.23 Å². The van der Waals surface area contributed by atoms with Gasteiger partial charge in [-0.05, 0) is 0 Å². The van der Waals surface area contributed by atoms with E-state index in [2.05, 4.69) is 5.32 Å². The lowest BCUT2D eigenvalue weighted by atomic mass is 10.1. The van der Waals surface area contributed by atoms with Crippen LogP contribution in [0, 0.1) is 0 Å². The zero-order chi connectivity index (χ0) is 12.4. The predicted octanol–water partition coefficient (Wildman–Crippen LogP) is 2.59. The van der Waals surface area contributed by atoms with Gasteiger partial charge in [0.1, 0.15) is 5.70 Å². The van der Waals surface area contributed by atoms with Crippen molar-refractivity contribution in [3.8, 4) is 0 Å². The maximum Gasteiger partial charge on any atom is 0.211 e. The van der Waals surface area contributed by atoms with Gasteiger partial charge in [-0.15, -0.1) is 0 Å². The molecule has 0 saturated carbocycles. The first-order valence-corrected chi connectivity index (χ1v) is 5.88. The molecule has 1 aliphatic heterocycles. The highest BCUT2D eigenvalue weighted by Gasteiger charge is 2.24. The summed E-state index contributed by atoms with van der Waals surface area (Å²) in [4.78, 5) is 0. The standard InChI is InChI=1S/C15H14N2O/c16-14-13(11-7-3-1-4-8-11)17-15(18-14)12-9-5-2-6-10-12/h1-10,15,17H,16H2. The number of ether oxygens (including phenoxy) is 1. The van der Waals surface area contributed by atoms with Crippen molar-refractivity contribution in [1.82, 2.24) is 5.32 Å². The first kappa shape index (κ1) is 10.7. The zero-order valence-electron chi connectivity index (χ0n) is 9.84. The van der Waals surface area contributed by atoms with Crippen LogP contribution in [0.4, 0.5) is 0 Å². The lowest BCUT2D eigenvalue weighted by molar-refractivity contribution is 0.127. The summed E-state index contributed by atoms with van der Waals surface area (Å²) < 4.78 is 5.66. The van der Waals surface area contributed by atoms with Crippen molar-refractivity contribution in [3.05, 3.63) is 77.7 Å².